The number of methoxy groups -OCH3 is 1. The Bertz CT molecular complexity index is 442. The third kappa shape index (κ3) is 2.50. The summed E-state index contributed by atoms with van der Waals surface area (Å²) in [5.41, 5.74) is 1.78. The monoisotopic (exact) mass is 247 g/mol. The first kappa shape index (κ1) is 12.9. The first-order valence-electron chi connectivity index (χ1n) is 6.59. The van der Waals surface area contributed by atoms with Gasteiger partial charge in [-0.3, -0.25) is 4.79 Å². The molecule has 3 heteroatoms. The molecular formula is C15H21NO2. The summed E-state index contributed by atoms with van der Waals surface area (Å²) in [4.78, 5) is 14.5. The predicted molar refractivity (Wildman–Crippen MR) is 72.1 cm³/mol. The fourth-order valence-electron chi connectivity index (χ4n) is 2.53. The van der Waals surface area contributed by atoms with Gasteiger partial charge in [-0.15, -0.1) is 0 Å². The topological polar surface area (TPSA) is 29.5 Å². The molecule has 1 aromatic rings. The van der Waals surface area contributed by atoms with Crippen molar-refractivity contribution in [3.63, 3.8) is 0 Å². The molecule has 1 heterocycles. The summed E-state index contributed by atoms with van der Waals surface area (Å²) in [5.74, 6) is 0.775. The quantitative estimate of drug-likeness (QED) is 0.804. The molecule has 2 rings (SSSR count). The molecule has 0 bridgehead atoms. The van der Waals surface area contributed by atoms with Gasteiger partial charge in [0.05, 0.1) is 12.7 Å². The van der Waals surface area contributed by atoms with Crippen LogP contribution in [0.15, 0.2) is 18.2 Å². The van der Waals surface area contributed by atoms with E-state index in [1.54, 1.807) is 7.11 Å². The average Bonchev–Trinajstić information content (AvgIpc) is 2.38. The number of hydrogen-bond donors (Lipinski definition) is 0. The van der Waals surface area contributed by atoms with Gasteiger partial charge >= 0.3 is 0 Å². The van der Waals surface area contributed by atoms with Crippen LogP contribution in [0.3, 0.4) is 0 Å². The zero-order valence-electron chi connectivity index (χ0n) is 11.4. The highest BCUT2D eigenvalue weighted by Gasteiger charge is 2.26. The van der Waals surface area contributed by atoms with Crippen LogP contribution in [0.2, 0.25) is 0 Å². The number of hydrogen-bond acceptors (Lipinski definition) is 2. The summed E-state index contributed by atoms with van der Waals surface area (Å²) in [5, 5.41) is 0. The summed E-state index contributed by atoms with van der Waals surface area (Å²) in [6, 6.07) is 6.08. The maximum Gasteiger partial charge on any atom is 0.257 e. The zero-order chi connectivity index (χ0) is 13.1. The second-order valence-corrected chi connectivity index (χ2v) is 5.05. The van der Waals surface area contributed by atoms with Crippen LogP contribution in [0.5, 0.6) is 5.75 Å². The van der Waals surface area contributed by atoms with E-state index in [0.29, 0.717) is 17.4 Å². The number of amides is 1. The van der Waals surface area contributed by atoms with Crippen LogP contribution in [0.1, 0.15) is 42.1 Å². The van der Waals surface area contributed by atoms with Gasteiger partial charge in [-0.05, 0) is 50.8 Å². The van der Waals surface area contributed by atoms with Gasteiger partial charge in [0, 0.05) is 12.6 Å². The lowest BCUT2D eigenvalue weighted by atomic mass is 10.0. The van der Waals surface area contributed by atoms with Crippen LogP contribution in [0.4, 0.5) is 0 Å². The molecule has 1 fully saturated rings. The van der Waals surface area contributed by atoms with Crippen molar-refractivity contribution in [3.05, 3.63) is 29.3 Å². The number of rotatable bonds is 2. The molecule has 1 aliphatic rings. The van der Waals surface area contributed by atoms with E-state index in [2.05, 4.69) is 6.92 Å². The molecule has 1 amide bonds. The second-order valence-electron chi connectivity index (χ2n) is 5.05. The maximum absolute atomic E-state index is 12.5. The summed E-state index contributed by atoms with van der Waals surface area (Å²) < 4.78 is 5.33. The van der Waals surface area contributed by atoms with Crippen LogP contribution in [0.25, 0.3) is 0 Å². The molecule has 0 radical (unpaired) electrons. The van der Waals surface area contributed by atoms with Crippen LogP contribution in [-0.4, -0.2) is 30.5 Å². The number of aryl methyl sites for hydroxylation is 1. The number of nitrogens with zero attached hydrogens (tertiary/aromatic N) is 1. The number of carbonyl (C=O) groups excluding carboxylic acids is 1. The van der Waals surface area contributed by atoms with E-state index in [4.69, 9.17) is 4.74 Å². The summed E-state index contributed by atoms with van der Waals surface area (Å²) in [6.45, 7) is 4.98. The Balaban J connectivity index is 2.27. The molecule has 0 saturated carbocycles. The van der Waals surface area contributed by atoms with Crippen molar-refractivity contribution in [3.8, 4) is 5.75 Å². The minimum Gasteiger partial charge on any atom is -0.496 e. The number of benzene rings is 1. The van der Waals surface area contributed by atoms with Gasteiger partial charge in [0.15, 0.2) is 0 Å². The Hall–Kier alpha value is -1.51. The van der Waals surface area contributed by atoms with E-state index in [1.165, 1.54) is 6.42 Å². The number of ether oxygens (including phenoxy) is 1. The third-order valence-electron chi connectivity index (χ3n) is 3.65. The van der Waals surface area contributed by atoms with E-state index < -0.39 is 0 Å². The lowest BCUT2D eigenvalue weighted by molar-refractivity contribution is 0.0632. The van der Waals surface area contributed by atoms with E-state index >= 15 is 0 Å². The maximum atomic E-state index is 12.5. The number of carbonyl (C=O) groups is 1. The second kappa shape index (κ2) is 5.42. The zero-order valence-corrected chi connectivity index (χ0v) is 11.4. The molecular weight excluding hydrogens is 226 g/mol. The SMILES string of the molecule is COc1cc(C)ccc1C(=O)N1CCCCC1C. The smallest absolute Gasteiger partial charge is 0.257 e. The Morgan fingerprint density at radius 2 is 2.17 bits per heavy atom. The van der Waals surface area contributed by atoms with Gasteiger partial charge in [0.2, 0.25) is 0 Å². The Kier molecular flexibility index (Phi) is 3.90. The molecule has 1 atom stereocenters. The van der Waals surface area contributed by atoms with Crippen molar-refractivity contribution in [2.45, 2.75) is 39.2 Å². The third-order valence-corrected chi connectivity index (χ3v) is 3.65. The molecule has 1 aliphatic heterocycles. The summed E-state index contributed by atoms with van der Waals surface area (Å²) in [6.07, 6.45) is 3.42. The first-order valence-corrected chi connectivity index (χ1v) is 6.59. The Labute approximate surface area is 109 Å². The van der Waals surface area contributed by atoms with E-state index in [1.807, 2.05) is 30.0 Å². The van der Waals surface area contributed by atoms with Gasteiger partial charge in [-0.2, -0.15) is 0 Å². The van der Waals surface area contributed by atoms with Gasteiger partial charge in [-0.1, -0.05) is 6.07 Å². The summed E-state index contributed by atoms with van der Waals surface area (Å²) >= 11 is 0. The Morgan fingerprint density at radius 3 is 2.83 bits per heavy atom. The van der Waals surface area contributed by atoms with Crippen molar-refractivity contribution in [1.82, 2.24) is 4.90 Å². The predicted octanol–water partition coefficient (Wildman–Crippen LogP) is 3.02. The molecule has 0 aromatic heterocycles. The highest BCUT2D eigenvalue weighted by molar-refractivity contribution is 5.97. The van der Waals surface area contributed by atoms with Crippen molar-refractivity contribution in [1.29, 1.82) is 0 Å². The molecule has 3 nitrogen and oxygen atoms in total. The average molecular weight is 247 g/mol. The number of piperidine rings is 1. The van der Waals surface area contributed by atoms with E-state index in [-0.39, 0.29) is 5.91 Å². The minimum absolute atomic E-state index is 0.0963. The van der Waals surface area contributed by atoms with Crippen molar-refractivity contribution in [2.24, 2.45) is 0 Å². The first-order chi connectivity index (χ1) is 8.63. The summed E-state index contributed by atoms with van der Waals surface area (Å²) in [7, 11) is 1.62. The Morgan fingerprint density at radius 1 is 1.39 bits per heavy atom. The molecule has 0 N–H and O–H groups in total. The lowest BCUT2D eigenvalue weighted by Gasteiger charge is -2.33. The van der Waals surface area contributed by atoms with Crippen molar-refractivity contribution >= 4 is 5.91 Å². The largest absolute Gasteiger partial charge is 0.496 e. The lowest BCUT2D eigenvalue weighted by Crippen LogP contribution is -2.42. The standard InChI is InChI=1S/C15H21NO2/c1-11-7-8-13(14(10-11)18-3)15(17)16-9-5-4-6-12(16)2/h7-8,10,12H,4-6,9H2,1-3H3. The normalized spacial score (nSPS) is 19.7. The molecule has 1 unspecified atom stereocenters. The van der Waals surface area contributed by atoms with Crippen molar-refractivity contribution in [2.75, 3.05) is 13.7 Å². The fraction of sp³-hybridized carbons (Fsp3) is 0.533. The van der Waals surface area contributed by atoms with Crippen LogP contribution in [0, 0.1) is 6.92 Å². The molecule has 98 valence electrons. The van der Waals surface area contributed by atoms with Crippen molar-refractivity contribution < 1.29 is 9.53 Å². The van der Waals surface area contributed by atoms with E-state index in [0.717, 1.165) is 24.9 Å². The van der Waals surface area contributed by atoms with Gasteiger partial charge in [0.25, 0.3) is 5.91 Å². The van der Waals surface area contributed by atoms with Crippen LogP contribution < -0.4 is 4.74 Å². The molecule has 0 aliphatic carbocycles. The highest BCUT2D eigenvalue weighted by Crippen LogP contribution is 2.25. The molecule has 0 spiro atoms. The molecule has 1 aromatic carbocycles. The molecule has 18 heavy (non-hydrogen) atoms. The van der Waals surface area contributed by atoms with Gasteiger partial charge in [-0.25, -0.2) is 0 Å². The fourth-order valence-corrected chi connectivity index (χ4v) is 2.53. The minimum atomic E-state index is 0.0963. The number of likely N-dealkylation sites (tertiary alicyclic amines) is 1. The molecule has 1 saturated heterocycles. The van der Waals surface area contributed by atoms with Gasteiger partial charge in [0.1, 0.15) is 5.75 Å². The highest BCUT2D eigenvalue weighted by atomic mass is 16.5. The van der Waals surface area contributed by atoms with Crippen LogP contribution in [-0.2, 0) is 0 Å². The van der Waals surface area contributed by atoms with Gasteiger partial charge < -0.3 is 9.64 Å². The van der Waals surface area contributed by atoms with E-state index in [9.17, 15) is 4.79 Å². The van der Waals surface area contributed by atoms with Crippen LogP contribution >= 0.6 is 0 Å².